The van der Waals surface area contributed by atoms with E-state index in [0.29, 0.717) is 59.0 Å². The van der Waals surface area contributed by atoms with Gasteiger partial charge < -0.3 is 19.2 Å². The molecule has 2 aliphatic heterocycles. The Morgan fingerprint density at radius 1 is 0.924 bits per heavy atom. The minimum atomic E-state index is -0.724. The second-order valence-electron chi connectivity index (χ2n) is 18.3. The summed E-state index contributed by atoms with van der Waals surface area (Å²) in [7, 11) is 5.81. The van der Waals surface area contributed by atoms with Gasteiger partial charge in [0.1, 0.15) is 29.3 Å². The molecule has 11 rings (SSSR count). The first kappa shape index (κ1) is 41.2. The van der Waals surface area contributed by atoms with Crippen LogP contribution in [0, 0.1) is 32.5 Å². The molecule has 8 aromatic rings. The summed E-state index contributed by atoms with van der Waals surface area (Å²) in [4.78, 5) is 56.5. The molecule has 3 aromatic carbocycles. The zero-order valence-electron chi connectivity index (χ0n) is 37.9. The summed E-state index contributed by atoms with van der Waals surface area (Å²) in [5.41, 5.74) is 10.7. The van der Waals surface area contributed by atoms with Crippen LogP contribution in [0.4, 0.5) is 15.0 Å². The number of aromatic nitrogens is 8. The Morgan fingerprint density at radius 2 is 1.67 bits per heavy atom. The number of halogens is 1. The third-order valence-electron chi connectivity index (χ3n) is 14.1. The number of nitrogens with one attached hydrogen (secondary N) is 2. The van der Waals surface area contributed by atoms with Gasteiger partial charge in [0.15, 0.2) is 0 Å². The normalized spacial score (nSPS) is 20.2. The van der Waals surface area contributed by atoms with Gasteiger partial charge >= 0.3 is 11.8 Å². The predicted molar refractivity (Wildman–Crippen MR) is 248 cm³/mol. The summed E-state index contributed by atoms with van der Waals surface area (Å²) in [6, 6.07) is 18.8. The van der Waals surface area contributed by atoms with Gasteiger partial charge in [0.05, 0.1) is 40.4 Å². The second-order valence-corrected chi connectivity index (χ2v) is 18.3. The van der Waals surface area contributed by atoms with Crippen molar-refractivity contribution in [2.45, 2.75) is 65.2 Å². The number of benzene rings is 3. The topological polar surface area (TPSA) is 154 Å². The number of hydrogen-bond donors (Lipinski definition) is 2. The van der Waals surface area contributed by atoms with Gasteiger partial charge in [-0.25, -0.2) is 23.6 Å². The van der Waals surface area contributed by atoms with Gasteiger partial charge in [0, 0.05) is 74.6 Å². The summed E-state index contributed by atoms with van der Waals surface area (Å²) in [6.45, 7) is 9.89. The van der Waals surface area contributed by atoms with Crippen LogP contribution in [0.2, 0.25) is 0 Å². The molecule has 2 amide bonds. The van der Waals surface area contributed by atoms with Crippen molar-refractivity contribution >= 4 is 39.6 Å². The third-order valence-corrected chi connectivity index (χ3v) is 14.1. The summed E-state index contributed by atoms with van der Waals surface area (Å²) in [5, 5.41) is 14.2. The number of nitrogens with zero attached hydrogens (tertiary/aromatic N) is 10. The summed E-state index contributed by atoms with van der Waals surface area (Å²) in [5.74, 6) is 0.868. The molecular weight excluding hydrogens is 840 g/mol. The molecule has 336 valence electrons. The van der Waals surface area contributed by atoms with Crippen molar-refractivity contribution in [1.29, 1.82) is 0 Å². The van der Waals surface area contributed by atoms with E-state index >= 15 is 9.18 Å². The van der Waals surface area contributed by atoms with E-state index in [1.807, 2.05) is 74.4 Å². The SMILES string of the molecule is Cc1cc(-n2nc3c(c2-n2ccn(-c4ccc5c(cnn5C)c4)c2=O)[C@H](C)N(C(=O)c2cc4cc(-c5ccnc(N(C)C)c5C)ccc4n2[C@@]2(C4NOC(=O)N4)C[C@@H]2C)CC3)cc(C)c1F. The molecule has 2 fully saturated rings. The molecule has 4 atom stereocenters. The fourth-order valence-electron chi connectivity index (χ4n) is 10.6. The van der Waals surface area contributed by atoms with Crippen LogP contribution in [0.3, 0.4) is 0 Å². The number of anilines is 1. The number of hydrogen-bond acceptors (Lipinski definition) is 9. The maximum absolute atomic E-state index is 15.6. The Balaban J connectivity index is 1.06. The average molecular weight is 889 g/mol. The van der Waals surface area contributed by atoms with E-state index in [2.05, 4.69) is 57.5 Å². The van der Waals surface area contributed by atoms with Crippen molar-refractivity contribution in [1.82, 2.24) is 53.9 Å². The largest absolute Gasteiger partial charge is 0.427 e. The van der Waals surface area contributed by atoms with Crippen LogP contribution in [-0.4, -0.2) is 82.0 Å². The van der Waals surface area contributed by atoms with Crippen molar-refractivity contribution in [2.75, 3.05) is 25.5 Å². The number of fused-ring (bicyclic) bond motifs is 3. The molecular formula is C49H49FN12O4. The number of carbonyl (C=O) groups is 2. The summed E-state index contributed by atoms with van der Waals surface area (Å²) in [6.07, 6.45) is 6.90. The number of amides is 2. The number of imidazole rings is 1. The zero-order valence-corrected chi connectivity index (χ0v) is 37.9. The molecule has 7 heterocycles. The first-order chi connectivity index (χ1) is 31.7. The van der Waals surface area contributed by atoms with E-state index in [4.69, 9.17) is 9.94 Å². The highest BCUT2D eigenvalue weighted by Crippen LogP contribution is 2.55. The van der Waals surface area contributed by atoms with Crippen LogP contribution >= 0.6 is 0 Å². The summed E-state index contributed by atoms with van der Waals surface area (Å²) < 4.78 is 23.9. The number of hydroxylamine groups is 1. The van der Waals surface area contributed by atoms with Crippen LogP contribution in [0.25, 0.3) is 50.1 Å². The molecule has 1 saturated heterocycles. The Bertz CT molecular complexity index is 3390. The van der Waals surface area contributed by atoms with Crippen LogP contribution in [0.5, 0.6) is 0 Å². The van der Waals surface area contributed by atoms with E-state index in [-0.39, 0.29) is 23.3 Å². The third kappa shape index (κ3) is 6.05. The highest BCUT2D eigenvalue weighted by Gasteiger charge is 2.62. The lowest BCUT2D eigenvalue weighted by Gasteiger charge is -2.35. The molecule has 0 spiro atoms. The summed E-state index contributed by atoms with van der Waals surface area (Å²) >= 11 is 0. The Labute approximate surface area is 378 Å². The minimum Gasteiger partial charge on any atom is -0.363 e. The van der Waals surface area contributed by atoms with Crippen LogP contribution in [0.15, 0.2) is 90.2 Å². The molecule has 17 heteroatoms. The molecule has 3 aliphatic rings. The van der Waals surface area contributed by atoms with E-state index in [1.54, 1.807) is 63.1 Å². The quantitative estimate of drug-likeness (QED) is 0.166. The van der Waals surface area contributed by atoms with Crippen molar-refractivity contribution in [3.63, 3.8) is 0 Å². The fourth-order valence-corrected chi connectivity index (χ4v) is 10.6. The molecule has 16 nitrogen and oxygen atoms in total. The highest BCUT2D eigenvalue weighted by atomic mass is 19.1. The lowest BCUT2D eigenvalue weighted by molar-refractivity contribution is 0.0653. The molecule has 1 saturated carbocycles. The van der Waals surface area contributed by atoms with Gasteiger partial charge in [-0.15, -0.1) is 5.48 Å². The van der Waals surface area contributed by atoms with E-state index in [9.17, 15) is 9.59 Å². The van der Waals surface area contributed by atoms with Gasteiger partial charge in [-0.3, -0.25) is 23.9 Å². The zero-order chi connectivity index (χ0) is 46.1. The standard InChI is InChI=1S/C49H49FN12O4/c1-26-19-35(20-27(2)42(26)50)62-44(60-18-17-59(48(60)65)34-10-12-38-33(22-34)25-52-57(38)8)41-30(5)58(16-14-37(41)54-62)45(63)40-23-32-21-31(36-13-15-51-43(29(36)4)56(6)7)9-11-39(32)61(40)49(24-28(49)3)46-53-47(64)66-55-46/h9-13,15,17-23,25,28,30,46,55H,14,16,24H2,1-8H3,(H,53,64)/t28-,30-,46?,49-/m0/s1. The van der Waals surface area contributed by atoms with Crippen LogP contribution in [0.1, 0.15) is 64.7 Å². The molecule has 2 N–H and O–H groups in total. The van der Waals surface area contributed by atoms with Crippen molar-refractivity contribution in [2.24, 2.45) is 13.0 Å². The Morgan fingerprint density at radius 3 is 2.38 bits per heavy atom. The maximum atomic E-state index is 15.6. The lowest BCUT2D eigenvalue weighted by Crippen LogP contribution is -2.49. The van der Waals surface area contributed by atoms with Gasteiger partial charge in [-0.05, 0) is 122 Å². The van der Waals surface area contributed by atoms with Gasteiger partial charge in [0.25, 0.3) is 5.91 Å². The van der Waals surface area contributed by atoms with Crippen molar-refractivity contribution < 1.29 is 18.8 Å². The average Bonchev–Trinajstić information content (AvgIpc) is 3.92. The van der Waals surface area contributed by atoms with E-state index in [1.165, 1.54) is 0 Å². The second kappa shape index (κ2) is 14.7. The Kier molecular flexibility index (Phi) is 9.21. The monoisotopic (exact) mass is 888 g/mol. The first-order valence-electron chi connectivity index (χ1n) is 22.1. The molecule has 1 aliphatic carbocycles. The Hall–Kier alpha value is -7.53. The molecule has 1 unspecified atom stereocenters. The molecule has 0 bridgehead atoms. The van der Waals surface area contributed by atoms with Crippen molar-refractivity contribution in [3.05, 3.63) is 135 Å². The van der Waals surface area contributed by atoms with Gasteiger partial charge in [-0.1, -0.05) is 13.0 Å². The molecule has 5 aromatic heterocycles. The van der Waals surface area contributed by atoms with E-state index < -0.39 is 23.8 Å². The molecule has 66 heavy (non-hydrogen) atoms. The maximum Gasteiger partial charge on any atom is 0.427 e. The number of aryl methyl sites for hydroxylation is 3. The van der Waals surface area contributed by atoms with E-state index in [0.717, 1.165) is 50.0 Å². The number of carbonyl (C=O) groups excluding carboxylic acids is 2. The lowest BCUT2D eigenvalue weighted by atomic mass is 9.98. The minimum absolute atomic E-state index is 0.0662. The van der Waals surface area contributed by atoms with Gasteiger partial charge in [-0.2, -0.15) is 10.2 Å². The van der Waals surface area contributed by atoms with Crippen LogP contribution in [-0.2, 0) is 23.8 Å². The smallest absolute Gasteiger partial charge is 0.363 e. The van der Waals surface area contributed by atoms with Gasteiger partial charge in [0.2, 0.25) is 0 Å². The fraction of sp³-hybridized carbons (Fsp3) is 0.306. The number of rotatable bonds is 8. The van der Waals surface area contributed by atoms with Crippen molar-refractivity contribution in [3.8, 4) is 28.3 Å². The first-order valence-corrected chi connectivity index (χ1v) is 22.1. The number of pyridine rings is 1. The van der Waals surface area contributed by atoms with Crippen LogP contribution < -0.4 is 21.4 Å². The highest BCUT2D eigenvalue weighted by molar-refractivity contribution is 6.01. The predicted octanol–water partition coefficient (Wildman–Crippen LogP) is 6.91. The molecule has 0 radical (unpaired) electrons.